The normalized spacial score (nSPS) is 20.8. The van der Waals surface area contributed by atoms with Gasteiger partial charge in [-0.1, -0.05) is 18.2 Å². The summed E-state index contributed by atoms with van der Waals surface area (Å²) in [5.41, 5.74) is 0.140. The Morgan fingerprint density at radius 2 is 1.71 bits per heavy atom. The van der Waals surface area contributed by atoms with Crippen molar-refractivity contribution < 1.29 is 39.8 Å². The topological polar surface area (TPSA) is 88.1 Å². The number of likely N-dealkylation sites (N-methyl/N-ethyl adjacent to an activating group) is 1. The highest BCUT2D eigenvalue weighted by molar-refractivity contribution is 7.92. The molecule has 1 aliphatic carbocycles. The van der Waals surface area contributed by atoms with Crippen molar-refractivity contribution in [1.29, 1.82) is 0 Å². The molecule has 0 N–H and O–H groups in total. The number of hydrogen-bond donors (Lipinski definition) is 0. The molecule has 2 aliphatic rings. The maximum Gasteiger partial charge on any atom is 0.416 e. The summed E-state index contributed by atoms with van der Waals surface area (Å²) in [6, 6.07) is 13.6. The average Bonchev–Trinajstić information content (AvgIpc) is 3.09. The Kier molecular flexibility index (Phi) is 10.4. The maximum absolute atomic E-state index is 16.1. The number of benzene rings is 3. The first-order valence-corrected chi connectivity index (χ1v) is 18.2. The van der Waals surface area contributed by atoms with Gasteiger partial charge in [0.15, 0.2) is 4.90 Å². The molecule has 0 radical (unpaired) electrons. The molecule has 1 aromatic heterocycles. The highest BCUT2D eigenvalue weighted by Gasteiger charge is 2.50. The number of aromatic nitrogens is 2. The number of ether oxygens (including phenoxy) is 2. The summed E-state index contributed by atoms with van der Waals surface area (Å²) in [5.74, 6) is -1.77. The maximum atomic E-state index is 16.1. The molecule has 278 valence electrons. The van der Waals surface area contributed by atoms with Crippen molar-refractivity contribution >= 4 is 21.5 Å². The highest BCUT2D eigenvalue weighted by atomic mass is 32.2. The van der Waals surface area contributed by atoms with Gasteiger partial charge in [-0.2, -0.15) is 13.2 Å². The molecule has 1 saturated heterocycles. The van der Waals surface area contributed by atoms with Gasteiger partial charge in [0.1, 0.15) is 35.3 Å². The van der Waals surface area contributed by atoms with Crippen LogP contribution >= 0.6 is 0 Å². The smallest absolute Gasteiger partial charge is 0.416 e. The minimum atomic E-state index is -4.88. The molecule has 2 heterocycles. The molecule has 0 spiro atoms. The molecule has 9 nitrogen and oxygen atoms in total. The molecule has 1 atom stereocenters. The number of piperidine rings is 1. The fraction of sp³-hybridized carbons (Fsp3) is 0.405. The summed E-state index contributed by atoms with van der Waals surface area (Å²) >= 11 is 0. The molecule has 52 heavy (non-hydrogen) atoms. The molecule has 1 unspecified atom stereocenters. The number of alkyl halides is 3. The molecule has 0 bridgehead atoms. The zero-order chi connectivity index (χ0) is 37.4. The molecule has 0 amide bonds. The van der Waals surface area contributed by atoms with Crippen LogP contribution in [0.2, 0.25) is 0 Å². The second-order valence-electron chi connectivity index (χ2n) is 13.5. The number of methoxy groups -OCH3 is 2. The third-order valence-corrected chi connectivity index (χ3v) is 12.3. The van der Waals surface area contributed by atoms with Crippen LogP contribution in [0.1, 0.15) is 48.3 Å². The molecule has 3 aromatic carbocycles. The fourth-order valence-electron chi connectivity index (χ4n) is 7.59. The Bertz CT molecular complexity index is 1990. The van der Waals surface area contributed by atoms with Crippen molar-refractivity contribution in [2.45, 2.75) is 54.8 Å². The van der Waals surface area contributed by atoms with Gasteiger partial charge < -0.3 is 19.3 Å². The monoisotopic (exact) mass is 745 g/mol. The van der Waals surface area contributed by atoms with E-state index in [2.05, 4.69) is 14.9 Å². The second kappa shape index (κ2) is 14.5. The summed E-state index contributed by atoms with van der Waals surface area (Å²) in [6.45, 7) is 0.511. The van der Waals surface area contributed by atoms with Crippen molar-refractivity contribution in [3.8, 4) is 11.5 Å². The predicted molar refractivity (Wildman–Crippen MR) is 186 cm³/mol. The average molecular weight is 746 g/mol. The van der Waals surface area contributed by atoms with Gasteiger partial charge >= 0.3 is 6.18 Å². The van der Waals surface area contributed by atoms with Crippen molar-refractivity contribution in [2.24, 2.45) is 5.92 Å². The molecular weight excluding hydrogens is 705 g/mol. The number of rotatable bonds is 11. The summed E-state index contributed by atoms with van der Waals surface area (Å²) < 4.78 is 112. The van der Waals surface area contributed by atoms with E-state index in [1.54, 1.807) is 24.3 Å². The van der Waals surface area contributed by atoms with Gasteiger partial charge in [-0.15, -0.1) is 0 Å². The van der Waals surface area contributed by atoms with Crippen molar-refractivity contribution in [1.82, 2.24) is 14.9 Å². The summed E-state index contributed by atoms with van der Waals surface area (Å²) in [4.78, 5) is 10.8. The van der Waals surface area contributed by atoms with E-state index in [4.69, 9.17) is 9.47 Å². The molecular formula is C37H40F5N5O4S. The Morgan fingerprint density at radius 3 is 2.33 bits per heavy atom. The fourth-order valence-corrected chi connectivity index (χ4v) is 9.08. The first-order valence-electron chi connectivity index (χ1n) is 16.8. The van der Waals surface area contributed by atoms with Crippen LogP contribution in [0.4, 0.5) is 33.5 Å². The van der Waals surface area contributed by atoms with Gasteiger partial charge in [0.05, 0.1) is 26.3 Å². The van der Waals surface area contributed by atoms with Gasteiger partial charge in [-0.3, -0.25) is 0 Å². The summed E-state index contributed by atoms with van der Waals surface area (Å²) in [5, 5.41) is 0. The molecule has 15 heteroatoms. The molecule has 2 fully saturated rings. The van der Waals surface area contributed by atoms with E-state index in [1.807, 2.05) is 19.0 Å². The van der Waals surface area contributed by atoms with E-state index in [9.17, 15) is 21.6 Å². The van der Waals surface area contributed by atoms with E-state index < -0.39 is 43.8 Å². The van der Waals surface area contributed by atoms with Crippen LogP contribution in [-0.2, 0) is 22.7 Å². The minimum Gasteiger partial charge on any atom is -0.497 e. The van der Waals surface area contributed by atoms with Gasteiger partial charge in [-0.25, -0.2) is 31.5 Å². The number of nitrogens with zero attached hydrogens (tertiary/aromatic N) is 5. The molecule has 1 saturated carbocycles. The van der Waals surface area contributed by atoms with Gasteiger partial charge in [-0.05, 0) is 87.5 Å². The van der Waals surface area contributed by atoms with Crippen molar-refractivity contribution in [2.75, 3.05) is 50.6 Å². The van der Waals surface area contributed by atoms with Crippen LogP contribution in [0.5, 0.6) is 11.5 Å². The highest BCUT2D eigenvalue weighted by Crippen LogP contribution is 2.52. The zero-order valence-electron chi connectivity index (χ0n) is 29.2. The molecule has 6 rings (SSSR count). The third kappa shape index (κ3) is 7.12. The lowest BCUT2D eigenvalue weighted by atomic mass is 9.60. The lowest BCUT2D eigenvalue weighted by Gasteiger charge is -2.57. The SMILES string of the molecule is COc1ccc(CN(c2ccncn2)S(=O)(=O)c2c(F)cc(N3CCCC(C4CC(c5cccc(C(F)(F)F)c5)C4)(N(C)C)C3)cc2F)c(OC)c1. The van der Waals surface area contributed by atoms with E-state index in [0.717, 1.165) is 35.3 Å². The van der Waals surface area contributed by atoms with Crippen molar-refractivity contribution in [3.05, 3.63) is 102 Å². The standard InChI is InChI=1S/C37H40F5N5O4S/c1-45(2)36(28-16-26(17-28)24-7-5-8-27(15-24)37(40,41)42)12-6-14-46(22-36)29-18-31(38)35(32(39)19-29)52(48,49)47(34-11-13-43-23-44-34)21-25-9-10-30(50-3)20-33(25)51-4/h5,7-11,13,15,18-20,23,26,28H,6,12,14,16-17,21-22H2,1-4H3. The Balaban J connectivity index is 1.27. The third-order valence-electron chi connectivity index (χ3n) is 10.5. The van der Waals surface area contributed by atoms with Gasteiger partial charge in [0, 0.05) is 48.2 Å². The molecule has 4 aromatic rings. The predicted octanol–water partition coefficient (Wildman–Crippen LogP) is 7.28. The number of anilines is 2. The van der Waals surface area contributed by atoms with Crippen LogP contribution in [0.15, 0.2) is 78.1 Å². The Morgan fingerprint density at radius 1 is 0.981 bits per heavy atom. The lowest BCUT2D eigenvalue weighted by molar-refractivity contribution is -0.137. The molecule has 1 aliphatic heterocycles. The Labute approximate surface area is 300 Å². The summed E-state index contributed by atoms with van der Waals surface area (Å²) in [7, 11) is 1.88. The van der Waals surface area contributed by atoms with Crippen LogP contribution in [0, 0.1) is 17.6 Å². The first-order chi connectivity index (χ1) is 24.7. The van der Waals surface area contributed by atoms with Crippen LogP contribution in [0.3, 0.4) is 0 Å². The second-order valence-corrected chi connectivity index (χ2v) is 15.3. The number of sulfonamides is 1. The van der Waals surface area contributed by atoms with Gasteiger partial charge in [0.25, 0.3) is 10.0 Å². The Hall–Kier alpha value is -4.50. The zero-order valence-corrected chi connectivity index (χ0v) is 30.0. The lowest BCUT2D eigenvalue weighted by Crippen LogP contribution is -2.62. The number of hydrogen-bond acceptors (Lipinski definition) is 8. The van der Waals surface area contributed by atoms with Crippen LogP contribution < -0.4 is 18.7 Å². The van der Waals surface area contributed by atoms with E-state index in [-0.39, 0.29) is 29.9 Å². The van der Waals surface area contributed by atoms with Crippen LogP contribution in [-0.4, -0.2) is 70.2 Å². The van der Waals surface area contributed by atoms with Crippen molar-refractivity contribution in [3.63, 3.8) is 0 Å². The van der Waals surface area contributed by atoms with E-state index >= 15 is 8.78 Å². The van der Waals surface area contributed by atoms with Crippen LogP contribution in [0.25, 0.3) is 0 Å². The summed E-state index contributed by atoms with van der Waals surface area (Å²) in [6.07, 6.45) is 0.856. The van der Waals surface area contributed by atoms with E-state index in [1.165, 1.54) is 38.6 Å². The number of halogens is 5. The largest absolute Gasteiger partial charge is 0.497 e. The minimum absolute atomic E-state index is 0.0328. The quantitative estimate of drug-likeness (QED) is 0.148. The first kappa shape index (κ1) is 37.3. The van der Waals surface area contributed by atoms with E-state index in [0.29, 0.717) is 55.0 Å². The van der Waals surface area contributed by atoms with Gasteiger partial charge in [0.2, 0.25) is 0 Å².